The van der Waals surface area contributed by atoms with Crippen LogP contribution in [0.1, 0.15) is 5.56 Å². The molecular formula is C12H12F2N4. The van der Waals surface area contributed by atoms with Gasteiger partial charge in [0.15, 0.2) is 11.6 Å². The molecule has 2 aromatic rings. The van der Waals surface area contributed by atoms with Gasteiger partial charge in [0.25, 0.3) is 0 Å². The first-order chi connectivity index (χ1) is 8.60. The van der Waals surface area contributed by atoms with Crippen LogP contribution in [-0.2, 0) is 0 Å². The number of anilines is 3. The monoisotopic (exact) mass is 250 g/mol. The SMILES string of the molecule is CNc1ncc(F)c(Nc2ccc(F)cc2C)n1. The van der Waals surface area contributed by atoms with E-state index in [0.717, 1.165) is 6.20 Å². The molecule has 0 saturated heterocycles. The predicted octanol–water partition coefficient (Wildman–Crippen LogP) is 2.85. The zero-order valence-electron chi connectivity index (χ0n) is 9.96. The molecule has 6 heteroatoms. The molecule has 0 amide bonds. The second-order valence-electron chi connectivity index (χ2n) is 3.72. The van der Waals surface area contributed by atoms with E-state index in [-0.39, 0.29) is 11.6 Å². The van der Waals surface area contributed by atoms with Crippen molar-refractivity contribution in [3.63, 3.8) is 0 Å². The van der Waals surface area contributed by atoms with Gasteiger partial charge in [0.1, 0.15) is 5.82 Å². The fourth-order valence-corrected chi connectivity index (χ4v) is 1.47. The maximum absolute atomic E-state index is 13.5. The second-order valence-corrected chi connectivity index (χ2v) is 3.72. The van der Waals surface area contributed by atoms with Crippen LogP contribution < -0.4 is 10.6 Å². The molecule has 0 fully saturated rings. The Hall–Kier alpha value is -2.24. The van der Waals surface area contributed by atoms with Crippen molar-refractivity contribution >= 4 is 17.5 Å². The van der Waals surface area contributed by atoms with Gasteiger partial charge >= 0.3 is 0 Å². The summed E-state index contributed by atoms with van der Waals surface area (Å²) in [5.74, 6) is -0.558. The highest BCUT2D eigenvalue weighted by atomic mass is 19.1. The number of rotatable bonds is 3. The lowest BCUT2D eigenvalue weighted by Gasteiger charge is -2.10. The van der Waals surface area contributed by atoms with E-state index in [1.807, 2.05) is 0 Å². The van der Waals surface area contributed by atoms with Gasteiger partial charge in [-0.1, -0.05) is 0 Å². The largest absolute Gasteiger partial charge is 0.357 e. The summed E-state index contributed by atoms with van der Waals surface area (Å²) in [5, 5.41) is 5.52. The van der Waals surface area contributed by atoms with Gasteiger partial charge in [-0.05, 0) is 30.7 Å². The van der Waals surface area contributed by atoms with E-state index < -0.39 is 5.82 Å². The van der Waals surface area contributed by atoms with Gasteiger partial charge in [-0.25, -0.2) is 13.8 Å². The average Bonchev–Trinajstić information content (AvgIpc) is 2.35. The Kier molecular flexibility index (Phi) is 3.36. The van der Waals surface area contributed by atoms with Crippen LogP contribution in [-0.4, -0.2) is 17.0 Å². The van der Waals surface area contributed by atoms with Crippen LogP contribution in [0.25, 0.3) is 0 Å². The first-order valence-electron chi connectivity index (χ1n) is 5.33. The number of benzene rings is 1. The molecule has 0 saturated carbocycles. The van der Waals surface area contributed by atoms with Crippen molar-refractivity contribution in [2.75, 3.05) is 17.7 Å². The fraction of sp³-hybridized carbons (Fsp3) is 0.167. The van der Waals surface area contributed by atoms with E-state index in [4.69, 9.17) is 0 Å². The minimum atomic E-state index is -0.572. The van der Waals surface area contributed by atoms with Crippen molar-refractivity contribution in [2.45, 2.75) is 6.92 Å². The molecule has 1 aromatic carbocycles. The third-order valence-corrected chi connectivity index (χ3v) is 2.41. The molecule has 18 heavy (non-hydrogen) atoms. The van der Waals surface area contributed by atoms with Crippen molar-refractivity contribution in [1.29, 1.82) is 0 Å². The molecule has 1 heterocycles. The van der Waals surface area contributed by atoms with Gasteiger partial charge in [0.2, 0.25) is 5.95 Å². The molecule has 4 nitrogen and oxygen atoms in total. The number of aryl methyl sites for hydroxylation is 1. The van der Waals surface area contributed by atoms with E-state index in [0.29, 0.717) is 17.2 Å². The molecule has 2 N–H and O–H groups in total. The molecular weight excluding hydrogens is 238 g/mol. The molecule has 0 bridgehead atoms. The van der Waals surface area contributed by atoms with Crippen LogP contribution in [0.15, 0.2) is 24.4 Å². The summed E-state index contributed by atoms with van der Waals surface area (Å²) >= 11 is 0. The molecule has 94 valence electrons. The van der Waals surface area contributed by atoms with E-state index in [1.54, 1.807) is 14.0 Å². The quantitative estimate of drug-likeness (QED) is 0.879. The van der Waals surface area contributed by atoms with Gasteiger partial charge in [0, 0.05) is 12.7 Å². The molecule has 0 radical (unpaired) electrons. The molecule has 0 atom stereocenters. The van der Waals surface area contributed by atoms with Crippen LogP contribution in [0.3, 0.4) is 0 Å². The summed E-state index contributed by atoms with van der Waals surface area (Å²) in [6.45, 7) is 1.73. The van der Waals surface area contributed by atoms with Crippen LogP contribution in [0.4, 0.5) is 26.2 Å². The Morgan fingerprint density at radius 1 is 1.22 bits per heavy atom. The third kappa shape index (κ3) is 2.53. The first kappa shape index (κ1) is 12.2. The Morgan fingerprint density at radius 3 is 2.67 bits per heavy atom. The molecule has 0 unspecified atom stereocenters. The van der Waals surface area contributed by atoms with Gasteiger partial charge < -0.3 is 10.6 Å². The van der Waals surface area contributed by atoms with Crippen molar-refractivity contribution in [1.82, 2.24) is 9.97 Å². The minimum Gasteiger partial charge on any atom is -0.357 e. The molecule has 0 aliphatic heterocycles. The smallest absolute Gasteiger partial charge is 0.224 e. The van der Waals surface area contributed by atoms with Crippen molar-refractivity contribution in [3.05, 3.63) is 41.6 Å². The first-order valence-corrected chi connectivity index (χ1v) is 5.33. The molecule has 0 aliphatic carbocycles. The van der Waals surface area contributed by atoms with Gasteiger partial charge in [0.05, 0.1) is 6.20 Å². The summed E-state index contributed by atoms with van der Waals surface area (Å²) in [4.78, 5) is 7.69. The zero-order chi connectivity index (χ0) is 13.1. The summed E-state index contributed by atoms with van der Waals surface area (Å²) in [6, 6.07) is 4.19. The minimum absolute atomic E-state index is 0.0454. The fourth-order valence-electron chi connectivity index (χ4n) is 1.47. The van der Waals surface area contributed by atoms with Crippen molar-refractivity contribution < 1.29 is 8.78 Å². The van der Waals surface area contributed by atoms with E-state index in [1.165, 1.54) is 18.2 Å². The number of hydrogen-bond donors (Lipinski definition) is 2. The third-order valence-electron chi connectivity index (χ3n) is 2.41. The number of aromatic nitrogens is 2. The lowest BCUT2D eigenvalue weighted by molar-refractivity contribution is 0.619. The number of hydrogen-bond acceptors (Lipinski definition) is 4. The Bertz CT molecular complexity index is 572. The lowest BCUT2D eigenvalue weighted by Crippen LogP contribution is -2.03. The van der Waals surface area contributed by atoms with E-state index in [2.05, 4.69) is 20.6 Å². The van der Waals surface area contributed by atoms with Crippen LogP contribution in [0, 0.1) is 18.6 Å². The predicted molar refractivity (Wildman–Crippen MR) is 66.0 cm³/mol. The highest BCUT2D eigenvalue weighted by Gasteiger charge is 2.08. The molecule has 2 rings (SSSR count). The van der Waals surface area contributed by atoms with Gasteiger partial charge in [-0.15, -0.1) is 0 Å². The Labute approximate surface area is 103 Å². The second kappa shape index (κ2) is 4.95. The normalized spacial score (nSPS) is 10.2. The highest BCUT2D eigenvalue weighted by Crippen LogP contribution is 2.22. The molecule has 0 aliphatic rings. The average molecular weight is 250 g/mol. The van der Waals surface area contributed by atoms with Crippen molar-refractivity contribution in [2.24, 2.45) is 0 Å². The number of nitrogens with one attached hydrogen (secondary N) is 2. The maximum atomic E-state index is 13.5. The summed E-state index contributed by atoms with van der Waals surface area (Å²) in [6.07, 6.45) is 1.07. The summed E-state index contributed by atoms with van der Waals surface area (Å²) in [5.41, 5.74) is 1.26. The number of nitrogens with zero attached hydrogens (tertiary/aromatic N) is 2. The topological polar surface area (TPSA) is 49.8 Å². The highest BCUT2D eigenvalue weighted by molar-refractivity contribution is 5.61. The van der Waals surface area contributed by atoms with Crippen molar-refractivity contribution in [3.8, 4) is 0 Å². The van der Waals surface area contributed by atoms with Crippen LogP contribution >= 0.6 is 0 Å². The van der Waals surface area contributed by atoms with Crippen LogP contribution in [0.2, 0.25) is 0 Å². The maximum Gasteiger partial charge on any atom is 0.224 e. The van der Waals surface area contributed by atoms with Crippen LogP contribution in [0.5, 0.6) is 0 Å². The number of halogens is 2. The molecule has 1 aromatic heterocycles. The standard InChI is InChI=1S/C12H12F2N4/c1-7-5-8(13)3-4-10(7)17-11-9(14)6-16-12(15-2)18-11/h3-6H,1-2H3,(H2,15,16,17,18). The Balaban J connectivity index is 2.33. The van der Waals surface area contributed by atoms with Gasteiger partial charge in [-0.2, -0.15) is 4.98 Å². The Morgan fingerprint density at radius 2 is 2.00 bits per heavy atom. The zero-order valence-corrected chi connectivity index (χ0v) is 9.96. The lowest BCUT2D eigenvalue weighted by atomic mass is 10.2. The van der Waals surface area contributed by atoms with Gasteiger partial charge in [-0.3, -0.25) is 0 Å². The van der Waals surface area contributed by atoms with E-state index >= 15 is 0 Å². The molecule has 0 spiro atoms. The summed E-state index contributed by atoms with van der Waals surface area (Å²) in [7, 11) is 1.64. The summed E-state index contributed by atoms with van der Waals surface area (Å²) < 4.78 is 26.5. The van der Waals surface area contributed by atoms with E-state index in [9.17, 15) is 8.78 Å².